The highest BCUT2D eigenvalue weighted by Gasteiger charge is 2.33. The summed E-state index contributed by atoms with van der Waals surface area (Å²) >= 11 is 1.79. The van der Waals surface area contributed by atoms with Crippen molar-refractivity contribution >= 4 is 27.3 Å². The number of hydrogen-bond donors (Lipinski definition) is 0. The lowest BCUT2D eigenvalue weighted by Gasteiger charge is -2.27. The molecule has 0 atom stereocenters. The molecule has 1 aliphatic carbocycles. The summed E-state index contributed by atoms with van der Waals surface area (Å²) in [6.07, 6.45) is 8.07. The minimum atomic E-state index is -3.59. The summed E-state index contributed by atoms with van der Waals surface area (Å²) < 4.78 is 30.6. The second-order valence-electron chi connectivity index (χ2n) is 7.90. The van der Waals surface area contributed by atoms with Crippen molar-refractivity contribution < 1.29 is 18.1 Å². The highest BCUT2D eigenvalue weighted by molar-refractivity contribution is 8.00. The maximum atomic E-state index is 12.5. The van der Waals surface area contributed by atoms with Crippen LogP contribution in [0, 0.1) is 10.1 Å². The lowest BCUT2D eigenvalue weighted by Crippen LogP contribution is -2.17. The number of aromatic nitrogens is 3. The zero-order valence-electron chi connectivity index (χ0n) is 18.5. The Kier molecular flexibility index (Phi) is 7.42. The van der Waals surface area contributed by atoms with Crippen molar-refractivity contribution in [3.05, 3.63) is 70.9 Å². The van der Waals surface area contributed by atoms with Crippen LogP contribution in [0.25, 0.3) is 0 Å². The third-order valence-corrected chi connectivity index (χ3v) is 8.90. The summed E-state index contributed by atoms with van der Waals surface area (Å²) in [5.74, 6) is -0.461. The van der Waals surface area contributed by atoms with Gasteiger partial charge in [-0.25, -0.2) is 13.4 Å². The topological polar surface area (TPSA) is 125 Å². The molecule has 0 bridgehead atoms. The Labute approximate surface area is 202 Å². The number of thioether (sulfide) groups is 1. The van der Waals surface area contributed by atoms with Gasteiger partial charge in [-0.15, -0.1) is 11.8 Å². The van der Waals surface area contributed by atoms with Gasteiger partial charge in [-0.1, -0.05) is 19.1 Å². The fourth-order valence-corrected chi connectivity index (χ4v) is 6.22. The normalized spacial score (nSPS) is 18.4. The molecular weight excluding hydrogens is 476 g/mol. The van der Waals surface area contributed by atoms with Gasteiger partial charge in [0.25, 0.3) is 0 Å². The molecule has 0 N–H and O–H groups in total. The van der Waals surface area contributed by atoms with E-state index in [1.165, 1.54) is 25.4 Å². The van der Waals surface area contributed by atoms with Crippen molar-refractivity contribution in [3.63, 3.8) is 0 Å². The average molecular weight is 501 g/mol. The first-order valence-electron chi connectivity index (χ1n) is 10.9. The van der Waals surface area contributed by atoms with Gasteiger partial charge in [0.2, 0.25) is 0 Å². The third-order valence-electron chi connectivity index (χ3n) is 5.78. The summed E-state index contributed by atoms with van der Waals surface area (Å²) in [5.41, 5.74) is 0.0228. The van der Waals surface area contributed by atoms with Crippen molar-refractivity contribution in [3.8, 4) is 11.6 Å². The number of hydrogen-bond acceptors (Lipinski definition) is 9. The fourth-order valence-electron chi connectivity index (χ4n) is 4.03. The minimum absolute atomic E-state index is 0.00885. The molecule has 1 aromatic carbocycles. The van der Waals surface area contributed by atoms with Crippen LogP contribution in [-0.2, 0) is 9.84 Å². The van der Waals surface area contributed by atoms with E-state index in [9.17, 15) is 18.5 Å². The van der Waals surface area contributed by atoms with Crippen molar-refractivity contribution in [1.29, 1.82) is 0 Å². The van der Waals surface area contributed by atoms with Crippen molar-refractivity contribution in [2.45, 2.75) is 53.6 Å². The van der Waals surface area contributed by atoms with Crippen LogP contribution in [0.1, 0.15) is 44.2 Å². The standard InChI is InChI=1S/C23H24N4O5S2/c1-2-34(30,31)20-6-4-3-5-19(20)32-23-22(27(28)29)21(25-15-26-23)16-7-9-17(10-8-16)33-18-11-13-24-14-12-18/h3-6,11-17H,2,7-10H2,1H3. The van der Waals surface area contributed by atoms with Crippen LogP contribution in [0.2, 0.25) is 0 Å². The number of pyridine rings is 1. The van der Waals surface area contributed by atoms with Crippen molar-refractivity contribution in [2.75, 3.05) is 5.75 Å². The Morgan fingerprint density at radius 1 is 1.09 bits per heavy atom. The predicted molar refractivity (Wildman–Crippen MR) is 128 cm³/mol. The number of rotatable bonds is 8. The minimum Gasteiger partial charge on any atom is -0.432 e. The second kappa shape index (κ2) is 10.5. The van der Waals surface area contributed by atoms with Gasteiger partial charge in [0, 0.05) is 28.5 Å². The second-order valence-corrected chi connectivity index (χ2v) is 11.5. The molecule has 4 rings (SSSR count). The highest BCUT2D eigenvalue weighted by Crippen LogP contribution is 2.44. The SMILES string of the molecule is CCS(=O)(=O)c1ccccc1Oc1ncnc(C2CCC(Sc3ccncc3)CC2)c1[N+](=O)[O-]. The summed E-state index contributed by atoms with van der Waals surface area (Å²) in [6, 6.07) is 10.0. The Morgan fingerprint density at radius 3 is 2.47 bits per heavy atom. The molecule has 0 aliphatic heterocycles. The molecule has 0 unspecified atom stereocenters. The van der Waals surface area contributed by atoms with E-state index < -0.39 is 14.8 Å². The Hall–Kier alpha value is -3.05. The van der Waals surface area contributed by atoms with E-state index in [1.807, 2.05) is 12.1 Å². The van der Waals surface area contributed by atoms with E-state index in [4.69, 9.17) is 4.74 Å². The molecule has 1 saturated carbocycles. The molecule has 3 aromatic rings. The van der Waals surface area contributed by atoms with Crippen LogP contribution in [0.3, 0.4) is 0 Å². The lowest BCUT2D eigenvalue weighted by molar-refractivity contribution is -0.387. The van der Waals surface area contributed by atoms with E-state index in [0.717, 1.165) is 30.6 Å². The third kappa shape index (κ3) is 5.36. The monoisotopic (exact) mass is 500 g/mol. The zero-order valence-corrected chi connectivity index (χ0v) is 20.2. The van der Waals surface area contributed by atoms with Gasteiger partial charge >= 0.3 is 11.6 Å². The van der Waals surface area contributed by atoms with Crippen LogP contribution >= 0.6 is 11.8 Å². The molecule has 0 amide bonds. The van der Waals surface area contributed by atoms with Gasteiger partial charge in [0.05, 0.1) is 10.7 Å². The van der Waals surface area contributed by atoms with Gasteiger partial charge < -0.3 is 4.74 Å². The molecule has 0 radical (unpaired) electrons. The van der Waals surface area contributed by atoms with Crippen LogP contribution in [0.4, 0.5) is 5.69 Å². The number of nitrogens with zero attached hydrogens (tertiary/aromatic N) is 4. The van der Waals surface area contributed by atoms with Crippen molar-refractivity contribution in [1.82, 2.24) is 15.0 Å². The summed E-state index contributed by atoms with van der Waals surface area (Å²) in [4.78, 5) is 24.9. The van der Waals surface area contributed by atoms with Gasteiger partial charge in [-0.3, -0.25) is 15.1 Å². The quantitative estimate of drug-likeness (QED) is 0.303. The van der Waals surface area contributed by atoms with E-state index in [-0.39, 0.29) is 33.9 Å². The molecule has 34 heavy (non-hydrogen) atoms. The molecule has 1 aliphatic rings. The number of para-hydroxylation sites is 1. The van der Waals surface area contributed by atoms with E-state index in [2.05, 4.69) is 15.0 Å². The zero-order chi connectivity index (χ0) is 24.1. The first-order chi connectivity index (χ1) is 16.4. The number of sulfone groups is 1. The average Bonchev–Trinajstić information content (AvgIpc) is 2.85. The largest absolute Gasteiger partial charge is 0.432 e. The van der Waals surface area contributed by atoms with Gasteiger partial charge in [0.1, 0.15) is 22.7 Å². The molecule has 1 fully saturated rings. The summed E-state index contributed by atoms with van der Waals surface area (Å²) in [7, 11) is -3.59. The molecule has 2 aromatic heterocycles. The predicted octanol–water partition coefficient (Wildman–Crippen LogP) is 5.18. The van der Waals surface area contributed by atoms with Crippen LogP contribution in [-0.4, -0.2) is 39.3 Å². The van der Waals surface area contributed by atoms with Crippen LogP contribution < -0.4 is 4.74 Å². The molecule has 11 heteroatoms. The number of benzene rings is 1. The molecule has 178 valence electrons. The maximum absolute atomic E-state index is 12.5. The number of nitro groups is 1. The fraction of sp³-hybridized carbons (Fsp3) is 0.348. The Balaban J connectivity index is 1.57. The van der Waals surface area contributed by atoms with Crippen LogP contribution in [0.15, 0.2) is 64.9 Å². The molecule has 0 spiro atoms. The van der Waals surface area contributed by atoms with Gasteiger partial charge in [-0.05, 0) is 49.9 Å². The van der Waals surface area contributed by atoms with Gasteiger partial charge in [0.15, 0.2) is 9.84 Å². The van der Waals surface area contributed by atoms with Gasteiger partial charge in [-0.2, -0.15) is 4.98 Å². The maximum Gasteiger partial charge on any atom is 0.352 e. The van der Waals surface area contributed by atoms with E-state index in [0.29, 0.717) is 10.9 Å². The highest BCUT2D eigenvalue weighted by atomic mass is 32.2. The molecular formula is C23H24N4O5S2. The molecule has 9 nitrogen and oxygen atoms in total. The summed E-state index contributed by atoms with van der Waals surface area (Å²) in [6.45, 7) is 1.53. The first-order valence-corrected chi connectivity index (χ1v) is 13.5. The Bertz CT molecular complexity index is 1260. The van der Waals surface area contributed by atoms with Crippen molar-refractivity contribution in [2.24, 2.45) is 0 Å². The smallest absolute Gasteiger partial charge is 0.352 e. The lowest BCUT2D eigenvalue weighted by atomic mass is 9.86. The van der Waals surface area contributed by atoms with E-state index >= 15 is 0 Å². The van der Waals surface area contributed by atoms with E-state index in [1.54, 1.807) is 36.3 Å². The summed E-state index contributed by atoms with van der Waals surface area (Å²) in [5, 5.41) is 12.5. The molecule has 2 heterocycles. The number of ether oxygens (including phenoxy) is 1. The molecule has 0 saturated heterocycles. The first kappa shape index (κ1) is 24.1. The van der Waals surface area contributed by atoms with Crippen LogP contribution in [0.5, 0.6) is 11.6 Å². The Morgan fingerprint density at radius 2 is 1.79 bits per heavy atom.